The number of anilines is 1. The molecule has 5 rings (SSSR count). The highest BCUT2D eigenvalue weighted by atomic mass is 15.0. The van der Waals surface area contributed by atoms with Crippen molar-refractivity contribution in [2.45, 2.75) is 18.4 Å². The Hall–Kier alpha value is -2.80. The zero-order valence-electron chi connectivity index (χ0n) is 14.1. The molecule has 2 aliphatic rings. The van der Waals surface area contributed by atoms with Crippen molar-refractivity contribution in [1.29, 1.82) is 0 Å². The Morgan fingerprint density at radius 3 is 2.32 bits per heavy atom. The van der Waals surface area contributed by atoms with Crippen LogP contribution in [-0.2, 0) is 0 Å². The first-order valence-electron chi connectivity index (χ1n) is 9.08. The van der Waals surface area contributed by atoms with E-state index < -0.39 is 0 Å². The van der Waals surface area contributed by atoms with Gasteiger partial charge in [0.2, 0.25) is 0 Å². The van der Waals surface area contributed by atoms with Crippen LogP contribution >= 0.6 is 0 Å². The largest absolute Gasteiger partial charge is 0.378 e. The highest BCUT2D eigenvalue weighted by molar-refractivity contribution is 5.71. The molecule has 3 atom stereocenters. The Kier molecular flexibility index (Phi) is 3.45. The van der Waals surface area contributed by atoms with Gasteiger partial charge in [0.15, 0.2) is 0 Å². The van der Waals surface area contributed by atoms with Crippen molar-refractivity contribution in [2.24, 2.45) is 5.92 Å². The molecule has 1 heteroatoms. The Balaban J connectivity index is 1.58. The smallest absolute Gasteiger partial charge is 0.0553 e. The SMILES string of the molecule is C1=C[C@@H]2c3cc(-c4ccccc4)ccc3N[C@@H](c3ccccc3)[C@@H]2C1. The highest BCUT2D eigenvalue weighted by Gasteiger charge is 2.37. The van der Waals surface area contributed by atoms with Crippen LogP contribution in [0, 0.1) is 5.92 Å². The molecule has 3 aromatic rings. The number of hydrogen-bond acceptors (Lipinski definition) is 1. The third-order valence-electron chi connectivity index (χ3n) is 5.63. The highest BCUT2D eigenvalue weighted by Crippen LogP contribution is 2.50. The zero-order valence-corrected chi connectivity index (χ0v) is 14.1. The summed E-state index contributed by atoms with van der Waals surface area (Å²) in [5.74, 6) is 1.10. The van der Waals surface area contributed by atoms with Crippen LogP contribution in [0.25, 0.3) is 11.1 Å². The molecule has 1 aliphatic heterocycles. The van der Waals surface area contributed by atoms with Gasteiger partial charge in [0.25, 0.3) is 0 Å². The number of benzene rings is 3. The summed E-state index contributed by atoms with van der Waals surface area (Å²) in [6.45, 7) is 0. The maximum Gasteiger partial charge on any atom is 0.0553 e. The Morgan fingerprint density at radius 1 is 0.760 bits per heavy atom. The molecule has 0 radical (unpaired) electrons. The first-order valence-corrected chi connectivity index (χ1v) is 9.08. The van der Waals surface area contributed by atoms with Crippen LogP contribution in [-0.4, -0.2) is 0 Å². The summed E-state index contributed by atoms with van der Waals surface area (Å²) in [6, 6.07) is 28.8. The standard InChI is InChI=1S/C24H21N/c1-3-8-17(9-4-1)19-14-15-23-22(16-19)20-12-7-13-21(20)24(25-23)18-10-5-2-6-11-18/h1-12,14-16,20-21,24-25H,13H2/t20-,21+,24-/m0/s1. The molecule has 0 unspecified atom stereocenters. The van der Waals surface area contributed by atoms with Crippen LogP contribution in [0.2, 0.25) is 0 Å². The summed E-state index contributed by atoms with van der Waals surface area (Å²) in [5.41, 5.74) is 6.69. The summed E-state index contributed by atoms with van der Waals surface area (Å²) in [6.07, 6.45) is 5.92. The van der Waals surface area contributed by atoms with Crippen LogP contribution in [0.15, 0.2) is 91.0 Å². The van der Waals surface area contributed by atoms with E-state index in [1.165, 1.54) is 27.9 Å². The van der Waals surface area contributed by atoms with Crippen molar-refractivity contribution in [3.05, 3.63) is 102 Å². The van der Waals surface area contributed by atoms with Crippen molar-refractivity contribution >= 4 is 5.69 Å². The van der Waals surface area contributed by atoms with E-state index in [9.17, 15) is 0 Å². The minimum absolute atomic E-state index is 0.385. The lowest BCUT2D eigenvalue weighted by atomic mass is 9.76. The maximum atomic E-state index is 3.82. The van der Waals surface area contributed by atoms with Gasteiger partial charge in [-0.15, -0.1) is 0 Å². The van der Waals surface area contributed by atoms with Gasteiger partial charge in [-0.05, 0) is 46.7 Å². The molecular formula is C24H21N. The molecule has 1 N–H and O–H groups in total. The summed E-state index contributed by atoms with van der Waals surface area (Å²) in [7, 11) is 0. The lowest BCUT2D eigenvalue weighted by Gasteiger charge is -2.37. The average Bonchev–Trinajstić information content (AvgIpc) is 3.18. The number of hydrogen-bond donors (Lipinski definition) is 1. The molecule has 25 heavy (non-hydrogen) atoms. The Morgan fingerprint density at radius 2 is 1.52 bits per heavy atom. The fourth-order valence-electron chi connectivity index (χ4n) is 4.39. The molecule has 0 fully saturated rings. The van der Waals surface area contributed by atoms with Gasteiger partial charge in [-0.1, -0.05) is 78.9 Å². The lowest BCUT2D eigenvalue weighted by Crippen LogP contribution is -2.29. The molecule has 1 aliphatic carbocycles. The third-order valence-corrected chi connectivity index (χ3v) is 5.63. The lowest BCUT2D eigenvalue weighted by molar-refractivity contribution is 0.425. The second-order valence-electron chi connectivity index (χ2n) is 7.05. The summed E-state index contributed by atoms with van der Waals surface area (Å²) >= 11 is 0. The topological polar surface area (TPSA) is 12.0 Å². The molecule has 122 valence electrons. The van der Waals surface area contributed by atoms with Crippen molar-refractivity contribution in [3.63, 3.8) is 0 Å². The van der Waals surface area contributed by atoms with E-state index in [0.29, 0.717) is 17.9 Å². The second-order valence-corrected chi connectivity index (χ2v) is 7.05. The van der Waals surface area contributed by atoms with Gasteiger partial charge >= 0.3 is 0 Å². The van der Waals surface area contributed by atoms with Crippen LogP contribution in [0.3, 0.4) is 0 Å². The quantitative estimate of drug-likeness (QED) is 0.555. The van der Waals surface area contributed by atoms with Gasteiger partial charge in [0.05, 0.1) is 6.04 Å². The molecule has 1 heterocycles. The first-order chi connectivity index (χ1) is 12.4. The fourth-order valence-corrected chi connectivity index (χ4v) is 4.39. The predicted molar refractivity (Wildman–Crippen MR) is 105 cm³/mol. The van der Waals surface area contributed by atoms with E-state index in [-0.39, 0.29) is 0 Å². The van der Waals surface area contributed by atoms with Crippen molar-refractivity contribution in [3.8, 4) is 11.1 Å². The van der Waals surface area contributed by atoms with E-state index in [4.69, 9.17) is 0 Å². The summed E-state index contributed by atoms with van der Waals surface area (Å²) in [5, 5.41) is 3.82. The van der Waals surface area contributed by atoms with Gasteiger partial charge in [-0.3, -0.25) is 0 Å². The van der Waals surface area contributed by atoms with E-state index in [0.717, 1.165) is 6.42 Å². The van der Waals surface area contributed by atoms with Gasteiger partial charge in [0.1, 0.15) is 0 Å². The normalized spacial score (nSPS) is 23.6. The number of rotatable bonds is 2. The third kappa shape index (κ3) is 2.47. The van der Waals surface area contributed by atoms with E-state index >= 15 is 0 Å². The zero-order chi connectivity index (χ0) is 16.6. The molecule has 0 saturated heterocycles. The first kappa shape index (κ1) is 14.5. The van der Waals surface area contributed by atoms with Crippen molar-refractivity contribution in [2.75, 3.05) is 5.32 Å². The van der Waals surface area contributed by atoms with E-state index in [1.807, 2.05) is 0 Å². The van der Waals surface area contributed by atoms with Crippen LogP contribution in [0.4, 0.5) is 5.69 Å². The minimum Gasteiger partial charge on any atom is -0.378 e. The molecule has 1 nitrogen and oxygen atoms in total. The fraction of sp³-hybridized carbons (Fsp3) is 0.167. The van der Waals surface area contributed by atoms with Crippen molar-refractivity contribution < 1.29 is 0 Å². The molecular weight excluding hydrogens is 302 g/mol. The van der Waals surface area contributed by atoms with Gasteiger partial charge in [0, 0.05) is 11.6 Å². The summed E-state index contributed by atoms with van der Waals surface area (Å²) < 4.78 is 0. The molecule has 0 aromatic heterocycles. The van der Waals surface area contributed by atoms with Crippen LogP contribution < -0.4 is 5.32 Å². The maximum absolute atomic E-state index is 3.82. The molecule has 3 aromatic carbocycles. The second kappa shape index (κ2) is 5.93. The monoisotopic (exact) mass is 323 g/mol. The summed E-state index contributed by atoms with van der Waals surface area (Å²) in [4.78, 5) is 0. The average molecular weight is 323 g/mol. The molecule has 0 spiro atoms. The Bertz CT molecular complexity index is 911. The molecule has 0 saturated carbocycles. The minimum atomic E-state index is 0.385. The number of nitrogens with one attached hydrogen (secondary N) is 1. The van der Waals surface area contributed by atoms with E-state index in [2.05, 4.69) is 96.3 Å². The van der Waals surface area contributed by atoms with Crippen LogP contribution in [0.1, 0.15) is 29.5 Å². The number of fused-ring (bicyclic) bond motifs is 3. The van der Waals surface area contributed by atoms with Gasteiger partial charge in [-0.25, -0.2) is 0 Å². The number of allylic oxidation sites excluding steroid dienone is 2. The van der Waals surface area contributed by atoms with Gasteiger partial charge in [-0.2, -0.15) is 0 Å². The van der Waals surface area contributed by atoms with E-state index in [1.54, 1.807) is 0 Å². The predicted octanol–water partition coefficient (Wildman–Crippen LogP) is 6.18. The van der Waals surface area contributed by atoms with Gasteiger partial charge < -0.3 is 5.32 Å². The molecule has 0 amide bonds. The van der Waals surface area contributed by atoms with Crippen LogP contribution in [0.5, 0.6) is 0 Å². The molecule has 0 bridgehead atoms. The Labute approximate surface area is 149 Å². The van der Waals surface area contributed by atoms with Crippen molar-refractivity contribution in [1.82, 2.24) is 0 Å².